The Bertz CT molecular complexity index is 1940. The van der Waals surface area contributed by atoms with Gasteiger partial charge < -0.3 is 0 Å². The summed E-state index contributed by atoms with van der Waals surface area (Å²) in [7, 11) is 0. The summed E-state index contributed by atoms with van der Waals surface area (Å²) in [6, 6.07) is 45.4. The Labute approximate surface area is 245 Å². The van der Waals surface area contributed by atoms with Gasteiger partial charge in [-0.2, -0.15) is 0 Å². The molecule has 0 atom stereocenters. The summed E-state index contributed by atoms with van der Waals surface area (Å²) in [5.74, 6) is 3.17. The Morgan fingerprint density at radius 3 is 1.62 bits per heavy atom. The average Bonchev–Trinajstić information content (AvgIpc) is 3.45. The highest BCUT2D eigenvalue weighted by Gasteiger charge is 2.20. The van der Waals surface area contributed by atoms with Crippen LogP contribution >= 0.6 is 0 Å². The maximum Gasteiger partial charge on any atom is 0.164 e. The fraction of sp³-hybridized carbons (Fsp3) is 0.0811. The monoisotopic (exact) mass is 543 g/mol. The molecule has 0 aliphatic heterocycles. The molecular formula is C37H29N5. The van der Waals surface area contributed by atoms with E-state index in [4.69, 9.17) is 19.9 Å². The number of fused-ring (bicyclic) bond motifs is 1. The first kappa shape index (κ1) is 25.5. The summed E-state index contributed by atoms with van der Waals surface area (Å²) in [6.07, 6.45) is 0. The summed E-state index contributed by atoms with van der Waals surface area (Å²) in [4.78, 5) is 20.1. The second-order valence-electron chi connectivity index (χ2n) is 10.6. The third-order valence-corrected chi connectivity index (χ3v) is 7.49. The zero-order chi connectivity index (χ0) is 28.5. The molecular weight excluding hydrogens is 514 g/mol. The van der Waals surface area contributed by atoms with E-state index in [9.17, 15) is 0 Å². The first-order valence-corrected chi connectivity index (χ1v) is 14.2. The van der Waals surface area contributed by atoms with Crippen LogP contribution in [0.2, 0.25) is 0 Å². The van der Waals surface area contributed by atoms with E-state index in [2.05, 4.69) is 73.0 Å². The standard InChI is InChI=1S/C37H29N5/c1-25(2)26-21-23-29(24-22-26)42-33-20-12-11-19-32(33)38-37(42)31-18-10-9-17-30(31)36-40-34(27-13-5-3-6-14-27)39-35(41-36)28-15-7-4-8-16-28/h3-25H,1-2H3. The number of para-hydroxylation sites is 2. The van der Waals surface area contributed by atoms with Crippen LogP contribution < -0.4 is 0 Å². The van der Waals surface area contributed by atoms with Crippen LogP contribution in [0.25, 0.3) is 62.3 Å². The van der Waals surface area contributed by atoms with Crippen molar-refractivity contribution in [3.63, 3.8) is 0 Å². The molecule has 5 heteroatoms. The molecule has 0 spiro atoms. The molecule has 2 aromatic heterocycles. The second-order valence-corrected chi connectivity index (χ2v) is 10.6. The fourth-order valence-corrected chi connectivity index (χ4v) is 5.28. The predicted octanol–water partition coefficient (Wildman–Crippen LogP) is 9.00. The molecule has 42 heavy (non-hydrogen) atoms. The van der Waals surface area contributed by atoms with Gasteiger partial charge in [0.2, 0.25) is 0 Å². The van der Waals surface area contributed by atoms with Gasteiger partial charge in [-0.05, 0) is 35.7 Å². The molecule has 0 saturated heterocycles. The molecule has 0 aliphatic rings. The molecule has 202 valence electrons. The highest BCUT2D eigenvalue weighted by molar-refractivity contribution is 5.87. The minimum Gasteiger partial charge on any atom is -0.292 e. The maximum atomic E-state index is 5.16. The number of nitrogens with zero attached hydrogens (tertiary/aromatic N) is 5. The van der Waals surface area contributed by atoms with Gasteiger partial charge in [0.05, 0.1) is 11.0 Å². The van der Waals surface area contributed by atoms with Crippen LogP contribution in [0.3, 0.4) is 0 Å². The summed E-state index contributed by atoms with van der Waals surface area (Å²) in [6.45, 7) is 4.43. The van der Waals surface area contributed by atoms with Crippen molar-refractivity contribution in [3.05, 3.63) is 139 Å². The molecule has 0 saturated carbocycles. The van der Waals surface area contributed by atoms with E-state index in [1.807, 2.05) is 78.9 Å². The van der Waals surface area contributed by atoms with Gasteiger partial charge >= 0.3 is 0 Å². The molecule has 0 fully saturated rings. The largest absolute Gasteiger partial charge is 0.292 e. The van der Waals surface area contributed by atoms with E-state index in [1.165, 1.54) is 5.56 Å². The summed E-state index contributed by atoms with van der Waals surface area (Å²) in [5.41, 5.74) is 8.06. The highest BCUT2D eigenvalue weighted by Crippen LogP contribution is 2.35. The Hall–Kier alpha value is -5.42. The van der Waals surface area contributed by atoms with Gasteiger partial charge in [-0.3, -0.25) is 4.57 Å². The molecule has 0 radical (unpaired) electrons. The minimum atomic E-state index is 0.459. The van der Waals surface area contributed by atoms with Gasteiger partial charge in [0.15, 0.2) is 17.5 Å². The van der Waals surface area contributed by atoms with Crippen molar-refractivity contribution in [2.45, 2.75) is 19.8 Å². The quantitative estimate of drug-likeness (QED) is 0.210. The van der Waals surface area contributed by atoms with Crippen molar-refractivity contribution < 1.29 is 0 Å². The van der Waals surface area contributed by atoms with Gasteiger partial charge in [-0.15, -0.1) is 0 Å². The number of aromatic nitrogens is 5. The Morgan fingerprint density at radius 2 is 1.00 bits per heavy atom. The molecule has 0 N–H and O–H groups in total. The third-order valence-electron chi connectivity index (χ3n) is 7.49. The van der Waals surface area contributed by atoms with E-state index in [0.717, 1.165) is 44.8 Å². The predicted molar refractivity (Wildman–Crippen MR) is 170 cm³/mol. The lowest BCUT2D eigenvalue weighted by Gasteiger charge is -2.14. The average molecular weight is 544 g/mol. The Morgan fingerprint density at radius 1 is 0.476 bits per heavy atom. The lowest BCUT2D eigenvalue weighted by molar-refractivity contribution is 0.865. The van der Waals surface area contributed by atoms with Crippen molar-refractivity contribution in [1.29, 1.82) is 0 Å². The number of hydrogen-bond acceptors (Lipinski definition) is 4. The van der Waals surface area contributed by atoms with Crippen molar-refractivity contribution in [1.82, 2.24) is 24.5 Å². The van der Waals surface area contributed by atoms with Crippen molar-refractivity contribution in [2.24, 2.45) is 0 Å². The lowest BCUT2D eigenvalue weighted by atomic mass is 10.0. The molecule has 2 heterocycles. The smallest absolute Gasteiger partial charge is 0.164 e. The lowest BCUT2D eigenvalue weighted by Crippen LogP contribution is -2.03. The van der Waals surface area contributed by atoms with Crippen molar-refractivity contribution >= 4 is 11.0 Å². The molecule has 0 bridgehead atoms. The van der Waals surface area contributed by atoms with Crippen LogP contribution in [0, 0.1) is 0 Å². The van der Waals surface area contributed by atoms with Gasteiger partial charge in [0, 0.05) is 27.9 Å². The van der Waals surface area contributed by atoms with E-state index >= 15 is 0 Å². The summed E-state index contributed by atoms with van der Waals surface area (Å²) in [5, 5.41) is 0. The summed E-state index contributed by atoms with van der Waals surface area (Å²) >= 11 is 0. The number of hydrogen-bond donors (Lipinski definition) is 0. The molecule has 0 unspecified atom stereocenters. The number of rotatable bonds is 6. The van der Waals surface area contributed by atoms with Crippen LogP contribution in [0.15, 0.2) is 133 Å². The first-order valence-electron chi connectivity index (χ1n) is 14.2. The highest BCUT2D eigenvalue weighted by atomic mass is 15.1. The Kier molecular flexibility index (Phi) is 6.61. The van der Waals surface area contributed by atoms with Crippen LogP contribution in [-0.2, 0) is 0 Å². The molecule has 5 nitrogen and oxygen atoms in total. The first-order chi connectivity index (χ1) is 20.7. The van der Waals surface area contributed by atoms with Crippen molar-refractivity contribution in [3.8, 4) is 51.2 Å². The third kappa shape index (κ3) is 4.75. The Balaban J connectivity index is 1.46. The van der Waals surface area contributed by atoms with E-state index < -0.39 is 0 Å². The maximum absolute atomic E-state index is 5.16. The summed E-state index contributed by atoms with van der Waals surface area (Å²) < 4.78 is 2.23. The normalized spacial score (nSPS) is 11.3. The van der Waals surface area contributed by atoms with Crippen LogP contribution in [0.5, 0.6) is 0 Å². The molecule has 0 amide bonds. The zero-order valence-electron chi connectivity index (χ0n) is 23.5. The minimum absolute atomic E-state index is 0.459. The molecule has 5 aromatic carbocycles. The van der Waals surface area contributed by atoms with E-state index in [0.29, 0.717) is 23.4 Å². The molecule has 0 aliphatic carbocycles. The fourth-order valence-electron chi connectivity index (χ4n) is 5.28. The SMILES string of the molecule is CC(C)c1ccc(-n2c(-c3ccccc3-c3nc(-c4ccccc4)nc(-c4ccccc4)n3)nc3ccccc32)cc1. The van der Waals surface area contributed by atoms with E-state index in [-0.39, 0.29) is 0 Å². The number of benzene rings is 5. The van der Waals surface area contributed by atoms with Crippen LogP contribution in [0.4, 0.5) is 0 Å². The topological polar surface area (TPSA) is 56.5 Å². The van der Waals surface area contributed by atoms with Gasteiger partial charge in [0.25, 0.3) is 0 Å². The van der Waals surface area contributed by atoms with Crippen LogP contribution in [-0.4, -0.2) is 24.5 Å². The second kappa shape index (κ2) is 10.9. The van der Waals surface area contributed by atoms with Gasteiger partial charge in [0.1, 0.15) is 5.82 Å². The molecule has 7 aromatic rings. The van der Waals surface area contributed by atoms with Gasteiger partial charge in [-0.1, -0.05) is 123 Å². The number of imidazole rings is 1. The van der Waals surface area contributed by atoms with Crippen molar-refractivity contribution in [2.75, 3.05) is 0 Å². The van der Waals surface area contributed by atoms with Gasteiger partial charge in [-0.25, -0.2) is 19.9 Å². The molecule has 7 rings (SSSR count). The zero-order valence-corrected chi connectivity index (χ0v) is 23.5. The van der Waals surface area contributed by atoms with Crippen LogP contribution in [0.1, 0.15) is 25.3 Å². The van der Waals surface area contributed by atoms with E-state index in [1.54, 1.807) is 0 Å².